The standard InChI is InChI=1S/C10H9BrF2N2O/c11-3-6-1-9(16)15(5-6)10-8(13)2-7(12)4-14-10/h2,4,6H,1,3,5H2. The van der Waals surface area contributed by atoms with Crippen molar-refractivity contribution >= 4 is 27.7 Å². The van der Waals surface area contributed by atoms with Gasteiger partial charge >= 0.3 is 0 Å². The van der Waals surface area contributed by atoms with E-state index in [1.807, 2.05) is 0 Å². The van der Waals surface area contributed by atoms with E-state index in [4.69, 9.17) is 0 Å². The van der Waals surface area contributed by atoms with Crippen molar-refractivity contribution < 1.29 is 13.6 Å². The molecule has 2 rings (SSSR count). The number of hydrogen-bond acceptors (Lipinski definition) is 2. The fourth-order valence-electron chi connectivity index (χ4n) is 1.70. The van der Waals surface area contributed by atoms with Gasteiger partial charge in [-0.3, -0.25) is 9.69 Å². The van der Waals surface area contributed by atoms with Gasteiger partial charge in [-0.25, -0.2) is 13.8 Å². The molecule has 1 aromatic rings. The zero-order valence-corrected chi connectivity index (χ0v) is 9.88. The van der Waals surface area contributed by atoms with Gasteiger partial charge < -0.3 is 0 Å². The van der Waals surface area contributed by atoms with E-state index < -0.39 is 11.6 Å². The molecule has 2 heterocycles. The SMILES string of the molecule is O=C1CC(CBr)CN1c1ncc(F)cc1F. The van der Waals surface area contributed by atoms with Crippen LogP contribution in [0.15, 0.2) is 12.3 Å². The predicted octanol–water partition coefficient (Wildman–Crippen LogP) is 2.11. The molecule has 0 aliphatic carbocycles. The average molecular weight is 291 g/mol. The van der Waals surface area contributed by atoms with Crippen molar-refractivity contribution in [3.63, 3.8) is 0 Å². The first kappa shape index (κ1) is 11.4. The molecule has 0 aromatic carbocycles. The van der Waals surface area contributed by atoms with Gasteiger partial charge in [-0.15, -0.1) is 0 Å². The molecule has 1 amide bonds. The van der Waals surface area contributed by atoms with Gasteiger partial charge in [-0.05, 0) is 5.92 Å². The van der Waals surface area contributed by atoms with E-state index in [0.29, 0.717) is 18.3 Å². The molecule has 1 aliphatic rings. The van der Waals surface area contributed by atoms with E-state index in [1.54, 1.807) is 0 Å². The summed E-state index contributed by atoms with van der Waals surface area (Å²) in [5.41, 5.74) is 0. The quantitative estimate of drug-likeness (QED) is 0.782. The number of halogens is 3. The highest BCUT2D eigenvalue weighted by atomic mass is 79.9. The maximum Gasteiger partial charge on any atom is 0.228 e. The summed E-state index contributed by atoms with van der Waals surface area (Å²) in [5.74, 6) is -1.66. The fraction of sp³-hybridized carbons (Fsp3) is 0.400. The van der Waals surface area contributed by atoms with E-state index in [-0.39, 0.29) is 17.6 Å². The first-order valence-electron chi connectivity index (χ1n) is 4.79. The molecule has 1 fully saturated rings. The zero-order valence-electron chi connectivity index (χ0n) is 8.29. The summed E-state index contributed by atoms with van der Waals surface area (Å²) in [6.45, 7) is 0.416. The Balaban J connectivity index is 2.28. The molecule has 0 N–H and O–H groups in total. The summed E-state index contributed by atoms with van der Waals surface area (Å²) in [5, 5.41) is 0.679. The van der Waals surface area contributed by atoms with Gasteiger partial charge in [0.25, 0.3) is 0 Å². The largest absolute Gasteiger partial charge is 0.294 e. The Morgan fingerprint density at radius 3 is 2.88 bits per heavy atom. The Morgan fingerprint density at radius 2 is 2.31 bits per heavy atom. The van der Waals surface area contributed by atoms with Crippen LogP contribution in [0.4, 0.5) is 14.6 Å². The number of hydrogen-bond donors (Lipinski definition) is 0. The summed E-state index contributed by atoms with van der Waals surface area (Å²) >= 11 is 3.28. The molecule has 0 spiro atoms. The second kappa shape index (κ2) is 4.45. The van der Waals surface area contributed by atoms with Crippen molar-refractivity contribution in [2.45, 2.75) is 6.42 Å². The van der Waals surface area contributed by atoms with Crippen LogP contribution < -0.4 is 4.90 Å². The summed E-state index contributed by atoms with van der Waals surface area (Å²) in [6, 6.07) is 0.733. The second-order valence-electron chi connectivity index (χ2n) is 3.69. The van der Waals surface area contributed by atoms with Crippen molar-refractivity contribution in [3.05, 3.63) is 23.9 Å². The highest BCUT2D eigenvalue weighted by Gasteiger charge is 2.32. The minimum absolute atomic E-state index is 0.0881. The molecule has 6 heteroatoms. The van der Waals surface area contributed by atoms with Gasteiger partial charge in [0.15, 0.2) is 11.6 Å². The lowest BCUT2D eigenvalue weighted by atomic mass is 10.2. The monoisotopic (exact) mass is 290 g/mol. The summed E-state index contributed by atoms with van der Waals surface area (Å²) in [4.78, 5) is 16.5. The summed E-state index contributed by atoms with van der Waals surface area (Å²) in [7, 11) is 0. The molecule has 86 valence electrons. The lowest BCUT2D eigenvalue weighted by molar-refractivity contribution is -0.117. The lowest BCUT2D eigenvalue weighted by Gasteiger charge is -2.15. The van der Waals surface area contributed by atoms with Gasteiger partial charge in [-0.2, -0.15) is 0 Å². The van der Waals surface area contributed by atoms with Crippen LogP contribution >= 0.6 is 15.9 Å². The smallest absolute Gasteiger partial charge is 0.228 e. The molecule has 0 saturated carbocycles. The molecule has 3 nitrogen and oxygen atoms in total. The van der Waals surface area contributed by atoms with Crippen molar-refractivity contribution in [2.75, 3.05) is 16.8 Å². The summed E-state index contributed by atoms with van der Waals surface area (Å²) in [6.07, 6.45) is 1.27. The first-order chi connectivity index (χ1) is 7.61. The Morgan fingerprint density at radius 1 is 1.56 bits per heavy atom. The Bertz CT molecular complexity index is 427. The van der Waals surface area contributed by atoms with Gasteiger partial charge in [0.2, 0.25) is 5.91 Å². The normalized spacial score (nSPS) is 20.6. The number of pyridine rings is 1. The first-order valence-corrected chi connectivity index (χ1v) is 5.91. The Kier molecular flexibility index (Phi) is 3.18. The van der Waals surface area contributed by atoms with Gasteiger partial charge in [-0.1, -0.05) is 15.9 Å². The molecular formula is C10H9BrF2N2O. The van der Waals surface area contributed by atoms with Crippen LogP contribution in [0, 0.1) is 17.6 Å². The molecule has 1 atom stereocenters. The Labute approximate surface area is 99.6 Å². The number of aromatic nitrogens is 1. The molecule has 16 heavy (non-hydrogen) atoms. The van der Waals surface area contributed by atoms with E-state index in [0.717, 1.165) is 12.3 Å². The van der Waals surface area contributed by atoms with E-state index >= 15 is 0 Å². The van der Waals surface area contributed by atoms with Crippen LogP contribution in [0.5, 0.6) is 0 Å². The van der Waals surface area contributed by atoms with Gasteiger partial charge in [0.1, 0.15) is 5.82 Å². The average Bonchev–Trinajstić information content (AvgIpc) is 2.60. The fourth-order valence-corrected chi connectivity index (χ4v) is 2.13. The lowest BCUT2D eigenvalue weighted by Crippen LogP contribution is -2.26. The number of nitrogens with zero attached hydrogens (tertiary/aromatic N) is 2. The molecular weight excluding hydrogens is 282 g/mol. The zero-order chi connectivity index (χ0) is 11.7. The van der Waals surface area contributed by atoms with Crippen LogP contribution in [0.1, 0.15) is 6.42 Å². The van der Waals surface area contributed by atoms with Crippen molar-refractivity contribution in [3.8, 4) is 0 Å². The van der Waals surface area contributed by atoms with Gasteiger partial charge in [0.05, 0.1) is 6.20 Å². The van der Waals surface area contributed by atoms with E-state index in [9.17, 15) is 13.6 Å². The van der Waals surface area contributed by atoms with Crippen LogP contribution in [0.2, 0.25) is 0 Å². The number of rotatable bonds is 2. The van der Waals surface area contributed by atoms with Gasteiger partial charge in [0, 0.05) is 24.4 Å². The van der Waals surface area contributed by atoms with Crippen LogP contribution in [-0.2, 0) is 4.79 Å². The summed E-state index contributed by atoms with van der Waals surface area (Å²) < 4.78 is 26.1. The molecule has 1 unspecified atom stereocenters. The maximum atomic E-state index is 13.4. The third-order valence-corrected chi connectivity index (χ3v) is 3.38. The predicted molar refractivity (Wildman–Crippen MR) is 58.4 cm³/mol. The van der Waals surface area contributed by atoms with E-state index in [2.05, 4.69) is 20.9 Å². The number of amides is 1. The van der Waals surface area contributed by atoms with E-state index in [1.165, 1.54) is 4.90 Å². The van der Waals surface area contributed by atoms with Crippen LogP contribution in [-0.4, -0.2) is 22.8 Å². The third kappa shape index (κ3) is 2.07. The van der Waals surface area contributed by atoms with Crippen molar-refractivity contribution in [2.24, 2.45) is 5.92 Å². The maximum absolute atomic E-state index is 13.4. The minimum Gasteiger partial charge on any atom is -0.294 e. The van der Waals surface area contributed by atoms with Crippen LogP contribution in [0.3, 0.4) is 0 Å². The van der Waals surface area contributed by atoms with Crippen molar-refractivity contribution in [1.82, 2.24) is 4.98 Å². The number of anilines is 1. The highest BCUT2D eigenvalue weighted by molar-refractivity contribution is 9.09. The Hall–Kier alpha value is -1.04. The number of carbonyl (C=O) groups excluding carboxylic acids is 1. The molecule has 1 saturated heterocycles. The molecule has 0 radical (unpaired) electrons. The topological polar surface area (TPSA) is 33.2 Å². The van der Waals surface area contributed by atoms with Crippen molar-refractivity contribution in [1.29, 1.82) is 0 Å². The minimum atomic E-state index is -0.802. The molecule has 1 aliphatic heterocycles. The molecule has 0 bridgehead atoms. The number of alkyl halides is 1. The third-order valence-electron chi connectivity index (χ3n) is 2.47. The van der Waals surface area contributed by atoms with Crippen LogP contribution in [0.25, 0.3) is 0 Å². The highest BCUT2D eigenvalue weighted by Crippen LogP contribution is 2.26. The number of carbonyl (C=O) groups is 1. The molecule has 1 aromatic heterocycles. The second-order valence-corrected chi connectivity index (χ2v) is 4.34.